The van der Waals surface area contributed by atoms with Crippen LogP contribution in [0.1, 0.15) is 51.4 Å². The summed E-state index contributed by atoms with van der Waals surface area (Å²) >= 11 is 0. The molecule has 0 radical (unpaired) electrons. The number of aromatic carboxylic acids is 1. The Morgan fingerprint density at radius 3 is 2.58 bits per heavy atom. The number of aromatic amines is 1. The number of carbonyl (C=O) groups excluding carboxylic acids is 1. The average molecular weight is 262 g/mol. The van der Waals surface area contributed by atoms with E-state index in [-0.39, 0.29) is 11.6 Å². The highest BCUT2D eigenvalue weighted by molar-refractivity contribution is 6.00. The highest BCUT2D eigenvalue weighted by atomic mass is 16.4. The number of carboxylic acids is 1. The van der Waals surface area contributed by atoms with Crippen LogP contribution in [-0.2, 0) is 0 Å². The Morgan fingerprint density at radius 2 is 2.05 bits per heavy atom. The van der Waals surface area contributed by atoms with Gasteiger partial charge in [0.15, 0.2) is 0 Å². The van der Waals surface area contributed by atoms with Crippen molar-refractivity contribution in [3.63, 3.8) is 0 Å². The van der Waals surface area contributed by atoms with Crippen LogP contribution < -0.4 is 5.32 Å². The minimum atomic E-state index is -1.06. The average Bonchev–Trinajstić information content (AvgIpc) is 2.64. The molecule has 5 nitrogen and oxygen atoms in total. The number of rotatable bonds is 6. The third kappa shape index (κ3) is 3.62. The van der Waals surface area contributed by atoms with E-state index < -0.39 is 5.97 Å². The maximum atomic E-state index is 12.0. The molecule has 0 atom stereocenters. The van der Waals surface area contributed by atoms with E-state index in [4.69, 9.17) is 11.5 Å². The molecule has 0 aliphatic carbocycles. The second-order valence-corrected chi connectivity index (χ2v) is 4.35. The molecular weight excluding hydrogens is 244 g/mol. The van der Waals surface area contributed by atoms with E-state index in [0.29, 0.717) is 29.8 Å². The molecule has 0 aliphatic heterocycles. The minimum absolute atomic E-state index is 0.0648. The van der Waals surface area contributed by atoms with Crippen molar-refractivity contribution in [2.24, 2.45) is 0 Å². The predicted octanol–water partition coefficient (Wildman–Crippen LogP) is 1.86. The van der Waals surface area contributed by atoms with Gasteiger partial charge in [-0.1, -0.05) is 0 Å². The van der Waals surface area contributed by atoms with Crippen molar-refractivity contribution in [1.29, 1.82) is 0 Å². The Morgan fingerprint density at radius 1 is 1.37 bits per heavy atom. The van der Waals surface area contributed by atoms with Crippen LogP contribution in [0.5, 0.6) is 0 Å². The number of carbonyl (C=O) groups is 2. The van der Waals surface area contributed by atoms with Crippen molar-refractivity contribution in [2.45, 2.75) is 33.1 Å². The predicted molar refractivity (Wildman–Crippen MR) is 72.2 cm³/mol. The Balaban J connectivity index is 2.68. The van der Waals surface area contributed by atoms with Crippen LogP contribution in [0.4, 0.5) is 0 Å². The Hall–Kier alpha value is -2.22. The molecule has 102 valence electrons. The van der Waals surface area contributed by atoms with Gasteiger partial charge in [0.05, 0.1) is 5.56 Å². The summed E-state index contributed by atoms with van der Waals surface area (Å²) in [6.07, 6.45) is 7.50. The maximum Gasteiger partial charge on any atom is 0.352 e. The third-order valence-corrected chi connectivity index (χ3v) is 2.91. The standard InChI is InChI=1S/C14H18N2O3/c1-4-5-6-7-8-15-13(17)11-9(2)12(14(18)19)16-10(11)3/h1,16H,5-8H2,2-3H3,(H,15,17)(H,18,19). The number of amides is 1. The highest BCUT2D eigenvalue weighted by Crippen LogP contribution is 2.17. The van der Waals surface area contributed by atoms with Crippen LogP contribution >= 0.6 is 0 Å². The number of carboxylic acid groups (broad SMARTS) is 1. The zero-order valence-corrected chi connectivity index (χ0v) is 11.2. The van der Waals surface area contributed by atoms with E-state index >= 15 is 0 Å². The normalized spacial score (nSPS) is 9.95. The van der Waals surface area contributed by atoms with Gasteiger partial charge < -0.3 is 15.4 Å². The fraction of sp³-hybridized carbons (Fsp3) is 0.429. The molecule has 5 heteroatoms. The van der Waals surface area contributed by atoms with E-state index in [1.807, 2.05) is 0 Å². The Labute approximate surface area is 112 Å². The molecule has 19 heavy (non-hydrogen) atoms. The summed E-state index contributed by atoms with van der Waals surface area (Å²) in [4.78, 5) is 25.7. The zero-order valence-electron chi connectivity index (χ0n) is 11.2. The van der Waals surface area contributed by atoms with Gasteiger partial charge in [-0.2, -0.15) is 0 Å². The molecule has 0 bridgehead atoms. The zero-order chi connectivity index (χ0) is 14.4. The number of hydrogen-bond acceptors (Lipinski definition) is 2. The van der Waals surface area contributed by atoms with Gasteiger partial charge >= 0.3 is 5.97 Å². The fourth-order valence-corrected chi connectivity index (χ4v) is 1.95. The quantitative estimate of drug-likeness (QED) is 0.540. The van der Waals surface area contributed by atoms with Gasteiger partial charge in [-0.25, -0.2) is 4.79 Å². The fourth-order valence-electron chi connectivity index (χ4n) is 1.95. The Bertz CT molecular complexity index is 524. The monoisotopic (exact) mass is 262 g/mol. The minimum Gasteiger partial charge on any atom is -0.477 e. The van der Waals surface area contributed by atoms with Gasteiger partial charge in [0.1, 0.15) is 5.69 Å². The van der Waals surface area contributed by atoms with Gasteiger partial charge in [0.2, 0.25) is 0 Å². The van der Waals surface area contributed by atoms with Crippen LogP contribution in [-0.4, -0.2) is 28.5 Å². The molecule has 0 unspecified atom stereocenters. The molecular formula is C14H18N2O3. The molecule has 1 rings (SSSR count). The lowest BCUT2D eigenvalue weighted by molar-refractivity contribution is 0.0690. The number of hydrogen-bond donors (Lipinski definition) is 3. The molecule has 0 spiro atoms. The van der Waals surface area contributed by atoms with Crippen molar-refractivity contribution >= 4 is 11.9 Å². The lowest BCUT2D eigenvalue weighted by Crippen LogP contribution is -2.25. The molecule has 1 aromatic heterocycles. The number of nitrogens with one attached hydrogen (secondary N) is 2. The summed E-state index contributed by atoms with van der Waals surface area (Å²) in [5.41, 5.74) is 1.51. The first-order valence-electron chi connectivity index (χ1n) is 6.13. The Kier molecular flexibility index (Phi) is 5.19. The summed E-state index contributed by atoms with van der Waals surface area (Å²) in [5, 5.41) is 11.7. The molecule has 3 N–H and O–H groups in total. The lowest BCUT2D eigenvalue weighted by Gasteiger charge is -2.05. The van der Waals surface area contributed by atoms with Crippen LogP contribution in [0, 0.1) is 26.2 Å². The summed E-state index contributed by atoms with van der Waals surface area (Å²) in [6.45, 7) is 3.85. The van der Waals surface area contributed by atoms with E-state index in [9.17, 15) is 9.59 Å². The first kappa shape index (κ1) is 14.8. The summed E-state index contributed by atoms with van der Waals surface area (Å²) < 4.78 is 0. The van der Waals surface area contributed by atoms with Crippen molar-refractivity contribution in [2.75, 3.05) is 6.54 Å². The first-order chi connectivity index (χ1) is 8.99. The van der Waals surface area contributed by atoms with Gasteiger partial charge in [-0.05, 0) is 32.3 Å². The molecule has 0 saturated heterocycles. The highest BCUT2D eigenvalue weighted by Gasteiger charge is 2.20. The summed E-state index contributed by atoms with van der Waals surface area (Å²) in [7, 11) is 0. The number of H-pyrrole nitrogens is 1. The smallest absolute Gasteiger partial charge is 0.352 e. The van der Waals surface area contributed by atoms with Crippen molar-refractivity contribution in [3.05, 3.63) is 22.5 Å². The number of unbranched alkanes of at least 4 members (excludes halogenated alkanes) is 2. The van der Waals surface area contributed by atoms with Crippen LogP contribution in [0.25, 0.3) is 0 Å². The van der Waals surface area contributed by atoms with E-state index in [1.165, 1.54) is 0 Å². The number of aryl methyl sites for hydroxylation is 1. The third-order valence-electron chi connectivity index (χ3n) is 2.91. The first-order valence-corrected chi connectivity index (χ1v) is 6.13. The van der Waals surface area contributed by atoms with E-state index in [2.05, 4.69) is 16.2 Å². The van der Waals surface area contributed by atoms with Gasteiger partial charge in [-0.3, -0.25) is 4.79 Å². The second kappa shape index (κ2) is 6.64. The largest absolute Gasteiger partial charge is 0.477 e. The van der Waals surface area contributed by atoms with Gasteiger partial charge in [0.25, 0.3) is 5.91 Å². The van der Waals surface area contributed by atoms with Gasteiger partial charge in [0, 0.05) is 18.7 Å². The van der Waals surface area contributed by atoms with Crippen molar-refractivity contribution in [1.82, 2.24) is 10.3 Å². The van der Waals surface area contributed by atoms with E-state index in [1.54, 1.807) is 13.8 Å². The molecule has 1 heterocycles. The second-order valence-electron chi connectivity index (χ2n) is 4.35. The molecule has 0 aromatic carbocycles. The molecule has 1 amide bonds. The van der Waals surface area contributed by atoms with Crippen molar-refractivity contribution < 1.29 is 14.7 Å². The molecule has 0 fully saturated rings. The summed E-state index contributed by atoms with van der Waals surface area (Å²) in [5.74, 6) is 1.23. The molecule has 0 aliphatic rings. The number of terminal acetylenes is 1. The van der Waals surface area contributed by atoms with Crippen LogP contribution in [0.2, 0.25) is 0 Å². The van der Waals surface area contributed by atoms with Crippen LogP contribution in [0.3, 0.4) is 0 Å². The lowest BCUT2D eigenvalue weighted by atomic mass is 10.1. The topological polar surface area (TPSA) is 82.2 Å². The number of aromatic nitrogens is 1. The summed E-state index contributed by atoms with van der Waals surface area (Å²) in [6, 6.07) is 0. The SMILES string of the molecule is C#CCCCCNC(=O)c1c(C)[nH]c(C(=O)O)c1C. The van der Waals surface area contributed by atoms with Crippen LogP contribution in [0.15, 0.2) is 0 Å². The maximum absolute atomic E-state index is 12.0. The van der Waals surface area contributed by atoms with Gasteiger partial charge in [-0.15, -0.1) is 12.3 Å². The van der Waals surface area contributed by atoms with E-state index in [0.717, 1.165) is 12.8 Å². The molecule has 1 aromatic rings. The molecule has 0 saturated carbocycles. The van der Waals surface area contributed by atoms with Crippen molar-refractivity contribution in [3.8, 4) is 12.3 Å².